The second-order valence-electron chi connectivity index (χ2n) is 34.5. The lowest BCUT2D eigenvalue weighted by Crippen LogP contribution is -2.01. The van der Waals surface area contributed by atoms with Crippen LogP contribution in [0.5, 0.6) is 0 Å². The van der Waals surface area contributed by atoms with Crippen LogP contribution in [-0.4, -0.2) is 44.9 Å². The van der Waals surface area contributed by atoms with Crippen molar-refractivity contribution >= 4 is 109 Å². The van der Waals surface area contributed by atoms with Gasteiger partial charge in [0.05, 0.1) is 0 Å². The first kappa shape index (κ1) is 82.0. The molecular formula is C127H79N9O3. The van der Waals surface area contributed by atoms with Gasteiger partial charge in [-0.25, -0.2) is 44.9 Å². The number of fused-ring (bicyclic) bond motifs is 13. The standard InChI is InChI=1S/C49H31N3O.C41H25N3O.C37H23N3O/c1-3-12-32(13-4-1)34-22-26-36(27-23-34)47-50-48(37-28-24-35(25-29-37)33-14-5-2-6-15-33)52-49(51-47)43-31-39-17-8-7-16-38(39)30-42(43)40-19-11-21-45-46(40)41-18-9-10-20-44(41)53-45;1-2-11-27(12-3-1)39-42-40(31-21-20-26-10-4-5-13-28(26)24-31)44-41(43-39)34-17-8-14-29-25-30(22-23-32(29)34)33-16-9-19-37-38(33)35-15-6-7-18-36(35)45-37;1-3-12-24(13-4-1)35-38-36(25-14-5-2-6-15-25)40-37(39-35)31-23-27-17-8-7-16-26(27)22-30(31)28-19-11-21-33-34(28)29-18-9-10-20-32(29)41-33/h1-31H;1-25H;1-23H. The lowest BCUT2D eigenvalue weighted by atomic mass is 9.92. The van der Waals surface area contributed by atoms with Crippen molar-refractivity contribution in [2.75, 3.05) is 0 Å². The minimum atomic E-state index is 0.606. The molecule has 0 radical (unpaired) electrons. The zero-order chi connectivity index (χ0) is 92.1. The Morgan fingerprint density at radius 1 is 0.115 bits per heavy atom. The summed E-state index contributed by atoms with van der Waals surface area (Å²) in [4.78, 5) is 45.7. The monoisotopic (exact) mass is 1780 g/mol. The highest BCUT2D eigenvalue weighted by molar-refractivity contribution is 6.17. The highest BCUT2D eigenvalue weighted by atomic mass is 16.3. The summed E-state index contributed by atoms with van der Waals surface area (Å²) in [5.41, 5.74) is 24.8. The molecule has 0 fully saturated rings. The molecule has 0 unspecified atom stereocenters. The van der Waals surface area contributed by atoms with Crippen molar-refractivity contribution in [2.24, 2.45) is 0 Å². The molecule has 0 amide bonds. The molecule has 12 nitrogen and oxygen atoms in total. The third-order valence-corrected chi connectivity index (χ3v) is 26.0. The van der Waals surface area contributed by atoms with E-state index < -0.39 is 0 Å². The molecule has 0 saturated heterocycles. The van der Waals surface area contributed by atoms with Gasteiger partial charge in [0.15, 0.2) is 52.4 Å². The van der Waals surface area contributed by atoms with Crippen LogP contribution in [0.3, 0.4) is 0 Å². The summed E-state index contributed by atoms with van der Waals surface area (Å²) >= 11 is 0. The number of nitrogens with zero attached hydrogens (tertiary/aromatic N) is 9. The zero-order valence-electron chi connectivity index (χ0n) is 74.9. The van der Waals surface area contributed by atoms with Gasteiger partial charge in [0.1, 0.15) is 33.5 Å². The summed E-state index contributed by atoms with van der Waals surface area (Å²) < 4.78 is 18.8. The zero-order valence-corrected chi connectivity index (χ0v) is 74.9. The molecule has 650 valence electrons. The van der Waals surface area contributed by atoms with Gasteiger partial charge >= 0.3 is 0 Å². The molecular weight excluding hydrogens is 1700 g/mol. The Kier molecular flexibility index (Phi) is 21.0. The predicted molar refractivity (Wildman–Crippen MR) is 567 cm³/mol. The highest BCUT2D eigenvalue weighted by Gasteiger charge is 2.26. The third kappa shape index (κ3) is 15.8. The van der Waals surface area contributed by atoms with Crippen molar-refractivity contribution in [2.45, 2.75) is 0 Å². The van der Waals surface area contributed by atoms with Crippen LogP contribution in [0.25, 0.3) is 267 Å². The molecule has 0 aliphatic carbocycles. The summed E-state index contributed by atoms with van der Waals surface area (Å²) in [5, 5.41) is 15.6. The maximum Gasteiger partial charge on any atom is 0.164 e. The molecule has 0 saturated carbocycles. The maximum atomic E-state index is 6.34. The van der Waals surface area contributed by atoms with E-state index >= 15 is 0 Å². The van der Waals surface area contributed by atoms with Gasteiger partial charge in [-0.15, -0.1) is 0 Å². The molecule has 27 rings (SSSR count). The Morgan fingerprint density at radius 3 is 0.763 bits per heavy atom. The normalized spacial score (nSPS) is 11.5. The number of rotatable bonds is 14. The summed E-state index contributed by atoms with van der Waals surface area (Å²) in [7, 11) is 0. The summed E-state index contributed by atoms with van der Waals surface area (Å²) in [6.45, 7) is 0. The summed E-state index contributed by atoms with van der Waals surface area (Å²) in [5.74, 6) is 5.69. The Balaban J connectivity index is 0.000000111. The fraction of sp³-hybridized carbons (Fsp3) is 0. The second-order valence-corrected chi connectivity index (χ2v) is 34.5. The molecule has 0 aliphatic heterocycles. The molecule has 0 atom stereocenters. The Labute approximate surface area is 799 Å². The average molecular weight is 1780 g/mol. The third-order valence-electron chi connectivity index (χ3n) is 26.0. The van der Waals surface area contributed by atoms with Gasteiger partial charge < -0.3 is 13.3 Å². The number of para-hydroxylation sites is 3. The van der Waals surface area contributed by atoms with Crippen LogP contribution in [0.2, 0.25) is 0 Å². The van der Waals surface area contributed by atoms with Crippen LogP contribution in [0.1, 0.15) is 0 Å². The van der Waals surface area contributed by atoms with Crippen LogP contribution in [0.4, 0.5) is 0 Å². The Hall–Kier alpha value is -18.9. The lowest BCUT2D eigenvalue weighted by molar-refractivity contribution is 0.668. The average Bonchev–Trinajstić information content (AvgIpc) is 1.65. The van der Waals surface area contributed by atoms with Gasteiger partial charge in [0.2, 0.25) is 0 Å². The quantitative estimate of drug-likeness (QED) is 0.102. The molecule has 12 heteroatoms. The van der Waals surface area contributed by atoms with Gasteiger partial charge in [-0.1, -0.05) is 406 Å². The minimum Gasteiger partial charge on any atom is -0.456 e. The lowest BCUT2D eigenvalue weighted by Gasteiger charge is -2.15. The first-order valence-electron chi connectivity index (χ1n) is 46.4. The first-order chi connectivity index (χ1) is 68.8. The van der Waals surface area contributed by atoms with Crippen molar-refractivity contribution in [3.8, 4) is 158 Å². The van der Waals surface area contributed by atoms with Gasteiger partial charge in [0.25, 0.3) is 0 Å². The van der Waals surface area contributed by atoms with E-state index in [9.17, 15) is 0 Å². The number of hydrogen-bond donors (Lipinski definition) is 0. The van der Waals surface area contributed by atoms with Gasteiger partial charge in [0, 0.05) is 82.4 Å². The largest absolute Gasteiger partial charge is 0.456 e. The van der Waals surface area contributed by atoms with Crippen LogP contribution >= 0.6 is 0 Å². The summed E-state index contributed by atoms with van der Waals surface area (Å²) in [6.07, 6.45) is 0. The van der Waals surface area contributed by atoms with E-state index in [-0.39, 0.29) is 0 Å². The fourth-order valence-corrected chi connectivity index (χ4v) is 19.2. The SMILES string of the molecule is c1ccc(-c2ccc(-c3nc(-c4ccc(-c5ccccc5)cc4)nc(-c4cc5ccccc5cc4-c4cccc5oc6ccccc6c45)n3)cc2)cc1.c1ccc(-c2nc(-c3ccc4ccccc4c3)nc(-c3cccc4cc(-c5cccc6oc7ccccc7c56)ccc34)n2)cc1.c1ccc(-c2nc(-c3ccccc3)nc(-c3cc4ccccc4cc3-c3cccc4oc5ccccc5c34)n2)cc1. The molecule has 27 aromatic rings. The molecule has 0 N–H and O–H groups in total. The maximum absolute atomic E-state index is 6.34. The van der Waals surface area contributed by atoms with E-state index in [1.165, 1.54) is 5.39 Å². The molecule has 139 heavy (non-hydrogen) atoms. The van der Waals surface area contributed by atoms with Crippen LogP contribution in [0, 0.1) is 0 Å². The van der Waals surface area contributed by atoms with E-state index in [1.807, 2.05) is 158 Å². The van der Waals surface area contributed by atoms with Crippen LogP contribution in [0.15, 0.2) is 492 Å². The van der Waals surface area contributed by atoms with Crippen molar-refractivity contribution in [3.05, 3.63) is 479 Å². The number of benzene rings is 21. The van der Waals surface area contributed by atoms with E-state index in [2.05, 4.69) is 322 Å². The topological polar surface area (TPSA) is 155 Å². The number of furan rings is 3. The fourth-order valence-electron chi connectivity index (χ4n) is 19.2. The van der Waals surface area contributed by atoms with Crippen molar-refractivity contribution < 1.29 is 13.3 Å². The van der Waals surface area contributed by atoms with E-state index in [0.29, 0.717) is 52.4 Å². The molecule has 0 spiro atoms. The van der Waals surface area contributed by atoms with Crippen LogP contribution in [-0.2, 0) is 0 Å². The Bertz CT molecular complexity index is 9220. The molecule has 0 bridgehead atoms. The molecule has 6 aromatic heterocycles. The highest BCUT2D eigenvalue weighted by Crippen LogP contribution is 2.47. The van der Waals surface area contributed by atoms with E-state index in [4.69, 9.17) is 58.1 Å². The summed E-state index contributed by atoms with van der Waals surface area (Å²) in [6, 6.07) is 165. The van der Waals surface area contributed by atoms with Gasteiger partial charge in [-0.3, -0.25) is 0 Å². The number of hydrogen-bond acceptors (Lipinski definition) is 12. The second kappa shape index (κ2) is 35.6. The molecule has 21 aromatic carbocycles. The molecule has 0 aliphatic rings. The van der Waals surface area contributed by atoms with E-state index in [1.54, 1.807) is 0 Å². The van der Waals surface area contributed by atoms with E-state index in [0.717, 1.165) is 209 Å². The Morgan fingerprint density at radius 2 is 0.360 bits per heavy atom. The first-order valence-corrected chi connectivity index (χ1v) is 46.4. The predicted octanol–water partition coefficient (Wildman–Crippen LogP) is 33.3. The number of aromatic nitrogens is 9. The van der Waals surface area contributed by atoms with Crippen molar-refractivity contribution in [3.63, 3.8) is 0 Å². The smallest absolute Gasteiger partial charge is 0.164 e. The minimum absolute atomic E-state index is 0.606. The van der Waals surface area contributed by atoms with Gasteiger partial charge in [-0.2, -0.15) is 0 Å². The van der Waals surface area contributed by atoms with Crippen molar-refractivity contribution in [1.29, 1.82) is 0 Å². The van der Waals surface area contributed by atoms with Crippen molar-refractivity contribution in [1.82, 2.24) is 44.9 Å². The van der Waals surface area contributed by atoms with Gasteiger partial charge in [-0.05, 0) is 172 Å². The molecule has 6 heterocycles. The van der Waals surface area contributed by atoms with Crippen LogP contribution < -0.4 is 0 Å².